The van der Waals surface area contributed by atoms with Gasteiger partial charge in [-0.25, -0.2) is 4.79 Å². The molecule has 0 aliphatic carbocycles. The molecule has 0 bridgehead atoms. The van der Waals surface area contributed by atoms with Gasteiger partial charge in [0.05, 0.1) is 6.07 Å². The van der Waals surface area contributed by atoms with Crippen LogP contribution in [-0.2, 0) is 16.1 Å². The maximum Gasteiger partial charge on any atom is 0.408 e. The highest BCUT2D eigenvalue weighted by atomic mass is 79.9. The summed E-state index contributed by atoms with van der Waals surface area (Å²) in [4.78, 5) is 23.8. The van der Waals surface area contributed by atoms with Gasteiger partial charge < -0.3 is 15.4 Å². The third-order valence-corrected chi connectivity index (χ3v) is 3.47. The van der Waals surface area contributed by atoms with E-state index in [1.807, 2.05) is 44.2 Å². The van der Waals surface area contributed by atoms with E-state index in [9.17, 15) is 9.59 Å². The highest BCUT2D eigenvalue weighted by molar-refractivity contribution is 9.10. The summed E-state index contributed by atoms with van der Waals surface area (Å²) < 4.78 is 6.07. The lowest BCUT2D eigenvalue weighted by molar-refractivity contribution is -0.123. The molecule has 0 radical (unpaired) electrons. The standard InChI is InChI=1S/C16H20BrN3O3/c1-11(2)9-14(15(21)19-8-7-18)20-16(22)23-10-12-3-5-13(17)6-4-12/h3-6,11,14H,8-10H2,1-2H3,(H,19,21)(H,20,22)/t14-/m0/s1. The topological polar surface area (TPSA) is 91.2 Å². The van der Waals surface area contributed by atoms with Crippen LogP contribution in [0.5, 0.6) is 0 Å². The van der Waals surface area contributed by atoms with E-state index >= 15 is 0 Å². The molecule has 0 aliphatic heterocycles. The maximum absolute atomic E-state index is 11.9. The summed E-state index contributed by atoms with van der Waals surface area (Å²) in [6, 6.07) is 8.49. The lowest BCUT2D eigenvalue weighted by atomic mass is 10.0. The average molecular weight is 382 g/mol. The SMILES string of the molecule is CC(C)C[C@H](NC(=O)OCc1ccc(Br)cc1)C(=O)NCC#N. The molecule has 124 valence electrons. The first-order valence-corrected chi connectivity index (χ1v) is 8.04. The second-order valence-corrected chi connectivity index (χ2v) is 6.32. The molecule has 0 aliphatic rings. The second-order valence-electron chi connectivity index (χ2n) is 5.40. The lowest BCUT2D eigenvalue weighted by Crippen LogP contribution is -2.47. The molecule has 1 aromatic carbocycles. The summed E-state index contributed by atoms with van der Waals surface area (Å²) in [5.74, 6) is -0.180. The number of benzene rings is 1. The van der Waals surface area contributed by atoms with Crippen LogP contribution < -0.4 is 10.6 Å². The molecule has 0 spiro atoms. The number of nitriles is 1. The summed E-state index contributed by atoms with van der Waals surface area (Å²) >= 11 is 3.33. The van der Waals surface area contributed by atoms with Crippen molar-refractivity contribution in [1.82, 2.24) is 10.6 Å². The van der Waals surface area contributed by atoms with Crippen LogP contribution in [0, 0.1) is 17.2 Å². The number of alkyl carbamates (subject to hydrolysis) is 1. The van der Waals surface area contributed by atoms with Crippen LogP contribution in [0.15, 0.2) is 28.7 Å². The first-order chi connectivity index (χ1) is 10.9. The van der Waals surface area contributed by atoms with Crippen molar-refractivity contribution in [3.05, 3.63) is 34.3 Å². The molecule has 0 aromatic heterocycles. The first kappa shape index (κ1) is 19.0. The van der Waals surface area contributed by atoms with Gasteiger partial charge >= 0.3 is 6.09 Å². The molecule has 23 heavy (non-hydrogen) atoms. The Kier molecular flexibility index (Phi) is 8.13. The summed E-state index contributed by atoms with van der Waals surface area (Å²) in [6.45, 7) is 3.91. The summed E-state index contributed by atoms with van der Waals surface area (Å²) in [6.07, 6.45) is -0.198. The third-order valence-electron chi connectivity index (χ3n) is 2.94. The number of rotatable bonds is 7. The van der Waals surface area contributed by atoms with Gasteiger partial charge in [-0.2, -0.15) is 5.26 Å². The van der Waals surface area contributed by atoms with Crippen molar-refractivity contribution < 1.29 is 14.3 Å². The van der Waals surface area contributed by atoms with Crippen LogP contribution in [0.3, 0.4) is 0 Å². The van der Waals surface area contributed by atoms with Crippen LogP contribution in [0.25, 0.3) is 0 Å². The minimum atomic E-state index is -0.722. The van der Waals surface area contributed by atoms with Gasteiger partial charge in [0.25, 0.3) is 0 Å². The Labute approximate surface area is 144 Å². The van der Waals surface area contributed by atoms with Gasteiger partial charge in [-0.15, -0.1) is 0 Å². The fourth-order valence-corrected chi connectivity index (χ4v) is 2.13. The van der Waals surface area contributed by atoms with Gasteiger partial charge in [-0.05, 0) is 30.0 Å². The maximum atomic E-state index is 11.9. The van der Waals surface area contributed by atoms with E-state index in [1.165, 1.54) is 0 Å². The van der Waals surface area contributed by atoms with Crippen molar-refractivity contribution in [3.63, 3.8) is 0 Å². The molecule has 1 atom stereocenters. The molecule has 7 heteroatoms. The van der Waals surface area contributed by atoms with Crippen LogP contribution in [0.2, 0.25) is 0 Å². The number of nitrogens with zero attached hydrogens (tertiary/aromatic N) is 1. The number of hydrogen-bond donors (Lipinski definition) is 2. The van der Waals surface area contributed by atoms with Crippen molar-refractivity contribution in [2.75, 3.05) is 6.54 Å². The number of ether oxygens (including phenoxy) is 1. The van der Waals surface area contributed by atoms with E-state index in [0.717, 1.165) is 10.0 Å². The van der Waals surface area contributed by atoms with E-state index < -0.39 is 12.1 Å². The molecule has 0 saturated heterocycles. The van der Waals surface area contributed by atoms with Crippen molar-refractivity contribution in [2.45, 2.75) is 32.9 Å². The molecule has 2 N–H and O–H groups in total. The van der Waals surface area contributed by atoms with Crippen LogP contribution in [0.1, 0.15) is 25.8 Å². The predicted octanol–water partition coefficient (Wildman–Crippen LogP) is 2.73. The van der Waals surface area contributed by atoms with E-state index in [1.54, 1.807) is 0 Å². The molecule has 0 unspecified atom stereocenters. The normalized spacial score (nSPS) is 11.4. The van der Waals surface area contributed by atoms with Gasteiger partial charge in [0, 0.05) is 4.47 Å². The van der Waals surface area contributed by atoms with Crippen molar-refractivity contribution in [3.8, 4) is 6.07 Å². The summed E-state index contributed by atoms with van der Waals surface area (Å²) in [7, 11) is 0. The number of halogens is 1. The first-order valence-electron chi connectivity index (χ1n) is 7.24. The Balaban J connectivity index is 2.53. The zero-order valence-corrected chi connectivity index (χ0v) is 14.7. The van der Waals surface area contributed by atoms with Crippen molar-refractivity contribution >= 4 is 27.9 Å². The van der Waals surface area contributed by atoms with Crippen LogP contribution in [0.4, 0.5) is 4.79 Å². The monoisotopic (exact) mass is 381 g/mol. The van der Waals surface area contributed by atoms with Gasteiger partial charge in [-0.1, -0.05) is 41.9 Å². The summed E-state index contributed by atoms with van der Waals surface area (Å²) in [5.41, 5.74) is 0.845. The lowest BCUT2D eigenvalue weighted by Gasteiger charge is -2.19. The molecule has 1 rings (SSSR count). The van der Waals surface area contributed by atoms with Gasteiger partial charge in [-0.3, -0.25) is 4.79 Å². The number of hydrogen-bond acceptors (Lipinski definition) is 4. The van der Waals surface area contributed by atoms with Crippen LogP contribution >= 0.6 is 15.9 Å². The third kappa shape index (κ3) is 7.66. The molecule has 0 fully saturated rings. The van der Waals surface area contributed by atoms with Crippen LogP contribution in [-0.4, -0.2) is 24.6 Å². The fraction of sp³-hybridized carbons (Fsp3) is 0.438. The molecule has 0 saturated carbocycles. The van der Waals surface area contributed by atoms with E-state index in [-0.39, 0.29) is 25.0 Å². The van der Waals surface area contributed by atoms with Crippen molar-refractivity contribution in [2.24, 2.45) is 5.92 Å². The number of nitrogens with one attached hydrogen (secondary N) is 2. The second kappa shape index (κ2) is 9.85. The molecule has 0 heterocycles. The van der Waals surface area contributed by atoms with Gasteiger partial charge in [0.1, 0.15) is 19.2 Å². The Bertz CT molecular complexity index is 567. The Morgan fingerprint density at radius 2 is 1.96 bits per heavy atom. The zero-order valence-electron chi connectivity index (χ0n) is 13.1. The predicted molar refractivity (Wildman–Crippen MR) is 89.3 cm³/mol. The Morgan fingerprint density at radius 1 is 1.30 bits per heavy atom. The molecule has 2 amide bonds. The molecular formula is C16H20BrN3O3. The zero-order chi connectivity index (χ0) is 17.2. The largest absolute Gasteiger partial charge is 0.445 e. The molecule has 6 nitrogen and oxygen atoms in total. The highest BCUT2D eigenvalue weighted by Crippen LogP contribution is 2.11. The van der Waals surface area contributed by atoms with Crippen molar-refractivity contribution in [1.29, 1.82) is 5.26 Å². The highest BCUT2D eigenvalue weighted by Gasteiger charge is 2.22. The van der Waals surface area contributed by atoms with Gasteiger partial charge in [0.15, 0.2) is 0 Å². The summed E-state index contributed by atoms with van der Waals surface area (Å²) in [5, 5.41) is 13.5. The quantitative estimate of drug-likeness (QED) is 0.710. The average Bonchev–Trinajstić information content (AvgIpc) is 2.51. The molecule has 1 aromatic rings. The number of carbonyl (C=O) groups is 2. The minimum absolute atomic E-state index is 0.0942. The molecular weight excluding hydrogens is 362 g/mol. The smallest absolute Gasteiger partial charge is 0.408 e. The minimum Gasteiger partial charge on any atom is -0.445 e. The van der Waals surface area contributed by atoms with E-state index in [0.29, 0.717) is 6.42 Å². The fourth-order valence-electron chi connectivity index (χ4n) is 1.87. The van der Waals surface area contributed by atoms with E-state index in [2.05, 4.69) is 26.6 Å². The Morgan fingerprint density at radius 3 is 2.52 bits per heavy atom. The number of carbonyl (C=O) groups excluding carboxylic acids is 2. The number of amides is 2. The Hall–Kier alpha value is -2.07. The van der Waals surface area contributed by atoms with Gasteiger partial charge in [0.2, 0.25) is 5.91 Å². The van der Waals surface area contributed by atoms with E-state index in [4.69, 9.17) is 10.00 Å².